The van der Waals surface area contributed by atoms with Crippen molar-refractivity contribution in [2.45, 2.75) is 13.2 Å². The van der Waals surface area contributed by atoms with Crippen molar-refractivity contribution in [2.75, 3.05) is 23.9 Å². The predicted molar refractivity (Wildman–Crippen MR) is 155 cm³/mol. The lowest BCUT2D eigenvalue weighted by Crippen LogP contribution is -2.21. The van der Waals surface area contributed by atoms with E-state index in [-0.39, 0.29) is 5.75 Å². The van der Waals surface area contributed by atoms with E-state index >= 15 is 0 Å². The smallest absolute Gasteiger partial charge is 0.148 e. The molecule has 3 aromatic carbocycles. The second-order valence-electron chi connectivity index (χ2n) is 8.95. The van der Waals surface area contributed by atoms with Crippen molar-refractivity contribution in [1.29, 1.82) is 0 Å². The molecule has 0 aliphatic rings. The number of benzene rings is 3. The van der Waals surface area contributed by atoms with Gasteiger partial charge in [0.05, 0.1) is 17.0 Å². The summed E-state index contributed by atoms with van der Waals surface area (Å²) >= 11 is 1.55. The Balaban J connectivity index is 1.23. The number of nitrogens with one attached hydrogen (secondary N) is 2. The number of fused-ring (bicyclic) bond motifs is 1. The zero-order chi connectivity index (χ0) is 26.4. The number of pyridine rings is 1. The van der Waals surface area contributed by atoms with E-state index in [0.29, 0.717) is 19.7 Å². The minimum Gasteiger partial charge on any atom is -0.489 e. The Morgan fingerprint density at radius 1 is 0.974 bits per heavy atom. The molecule has 5 aromatic rings. The van der Waals surface area contributed by atoms with Crippen molar-refractivity contribution in [3.8, 4) is 17.0 Å². The van der Waals surface area contributed by atoms with Gasteiger partial charge in [0.1, 0.15) is 27.2 Å². The summed E-state index contributed by atoms with van der Waals surface area (Å²) < 4.78 is 28.5. The Kier molecular flexibility index (Phi) is 7.97. The van der Waals surface area contributed by atoms with E-state index < -0.39 is 9.84 Å². The number of nitrogens with zero attached hydrogens (tertiary/aromatic N) is 2. The van der Waals surface area contributed by atoms with E-state index in [2.05, 4.69) is 21.7 Å². The molecule has 0 spiro atoms. The maximum atomic E-state index is 11.3. The van der Waals surface area contributed by atoms with Gasteiger partial charge >= 0.3 is 0 Å². The first-order chi connectivity index (χ1) is 18.4. The van der Waals surface area contributed by atoms with Crippen LogP contribution in [0.2, 0.25) is 0 Å². The lowest BCUT2D eigenvalue weighted by molar-refractivity contribution is 0.306. The van der Waals surface area contributed by atoms with Crippen molar-refractivity contribution in [2.24, 2.45) is 0 Å². The quantitative estimate of drug-likeness (QED) is 0.203. The van der Waals surface area contributed by atoms with Crippen LogP contribution in [0.3, 0.4) is 0 Å². The highest BCUT2D eigenvalue weighted by Gasteiger charge is 2.09. The van der Waals surface area contributed by atoms with Gasteiger partial charge in [-0.2, -0.15) is 0 Å². The minimum atomic E-state index is -2.97. The summed E-state index contributed by atoms with van der Waals surface area (Å²) in [5, 5.41) is 10.6. The fraction of sp³-hybridized carbons (Fsp3) is 0.172. The number of thiazole rings is 1. The van der Waals surface area contributed by atoms with Gasteiger partial charge in [0, 0.05) is 53.2 Å². The third-order valence-electron chi connectivity index (χ3n) is 5.90. The van der Waals surface area contributed by atoms with Crippen molar-refractivity contribution in [3.63, 3.8) is 0 Å². The van der Waals surface area contributed by atoms with Gasteiger partial charge in [-0.05, 0) is 42.0 Å². The molecule has 7 nitrogen and oxygen atoms in total. The highest BCUT2D eigenvalue weighted by Crippen LogP contribution is 2.30. The van der Waals surface area contributed by atoms with Crippen LogP contribution in [0.1, 0.15) is 10.6 Å². The Bertz CT molecular complexity index is 1620. The molecule has 2 N–H and O–H groups in total. The molecule has 0 aliphatic carbocycles. The van der Waals surface area contributed by atoms with Crippen LogP contribution in [-0.2, 0) is 23.0 Å². The van der Waals surface area contributed by atoms with Gasteiger partial charge in [0.15, 0.2) is 0 Å². The molecule has 0 saturated heterocycles. The lowest BCUT2D eigenvalue weighted by Gasteiger charge is -2.11. The molecule has 0 aliphatic heterocycles. The van der Waals surface area contributed by atoms with Gasteiger partial charge in [-0.25, -0.2) is 13.4 Å². The second kappa shape index (κ2) is 11.7. The molecule has 2 aromatic heterocycles. The predicted octanol–water partition coefficient (Wildman–Crippen LogP) is 5.82. The van der Waals surface area contributed by atoms with E-state index in [1.54, 1.807) is 17.5 Å². The molecule has 38 heavy (non-hydrogen) atoms. The molecule has 5 rings (SSSR count). The van der Waals surface area contributed by atoms with Crippen LogP contribution in [0.4, 0.5) is 11.4 Å². The molecule has 0 unspecified atom stereocenters. The third kappa shape index (κ3) is 6.95. The molecular formula is C29H28N4O3S2. The number of hydrogen-bond donors (Lipinski definition) is 2. The van der Waals surface area contributed by atoms with Crippen LogP contribution in [0, 0.1) is 0 Å². The fourth-order valence-corrected chi connectivity index (χ4v) is 5.21. The lowest BCUT2D eigenvalue weighted by atomic mass is 10.1. The number of hydrogen-bond acceptors (Lipinski definition) is 8. The Morgan fingerprint density at radius 2 is 1.79 bits per heavy atom. The molecule has 194 valence electrons. The summed E-state index contributed by atoms with van der Waals surface area (Å²) in [7, 11) is -2.97. The van der Waals surface area contributed by atoms with Gasteiger partial charge in [0.2, 0.25) is 0 Å². The molecule has 0 bridgehead atoms. The minimum absolute atomic E-state index is 0.115. The average Bonchev–Trinajstić information content (AvgIpc) is 3.40. The highest BCUT2D eigenvalue weighted by atomic mass is 32.2. The van der Waals surface area contributed by atoms with Gasteiger partial charge in [0.25, 0.3) is 0 Å². The number of sulfone groups is 1. The van der Waals surface area contributed by atoms with Crippen LogP contribution in [0.15, 0.2) is 90.4 Å². The van der Waals surface area contributed by atoms with Crippen LogP contribution in [-0.4, -0.2) is 36.9 Å². The molecule has 0 fully saturated rings. The van der Waals surface area contributed by atoms with Crippen LogP contribution in [0.25, 0.3) is 22.2 Å². The number of anilines is 2. The SMILES string of the molecule is CS(=O)(=O)CCNCc1nc(-c2ccc3c(Nc4ccc(OCc5ccccc5)cc4)ccnc3c2)cs1. The van der Waals surface area contributed by atoms with Gasteiger partial charge < -0.3 is 15.4 Å². The zero-order valence-corrected chi connectivity index (χ0v) is 22.6. The van der Waals surface area contributed by atoms with E-state index in [1.165, 1.54) is 6.26 Å². The summed E-state index contributed by atoms with van der Waals surface area (Å²) in [6.45, 7) is 1.48. The monoisotopic (exact) mass is 544 g/mol. The second-order valence-corrected chi connectivity index (χ2v) is 12.1. The van der Waals surface area contributed by atoms with E-state index in [4.69, 9.17) is 9.72 Å². The number of rotatable bonds is 11. The van der Waals surface area contributed by atoms with Crippen molar-refractivity contribution >= 4 is 43.5 Å². The normalized spacial score (nSPS) is 11.5. The molecule has 2 heterocycles. The topological polar surface area (TPSA) is 93.2 Å². The van der Waals surface area contributed by atoms with Crippen molar-refractivity contribution in [3.05, 3.63) is 101 Å². The first-order valence-corrected chi connectivity index (χ1v) is 15.1. The summed E-state index contributed by atoms with van der Waals surface area (Å²) in [4.78, 5) is 9.28. The zero-order valence-electron chi connectivity index (χ0n) is 20.9. The molecule has 0 atom stereocenters. The molecule has 0 radical (unpaired) electrons. The molecule has 9 heteroatoms. The Hall–Kier alpha value is -3.79. The van der Waals surface area contributed by atoms with Crippen LogP contribution in [0.5, 0.6) is 5.75 Å². The van der Waals surface area contributed by atoms with Crippen molar-refractivity contribution < 1.29 is 13.2 Å². The molecule has 0 saturated carbocycles. The maximum Gasteiger partial charge on any atom is 0.148 e. The number of aromatic nitrogens is 2. The average molecular weight is 545 g/mol. The number of ether oxygens (including phenoxy) is 1. The van der Waals surface area contributed by atoms with Gasteiger partial charge in [-0.15, -0.1) is 11.3 Å². The van der Waals surface area contributed by atoms with Crippen LogP contribution < -0.4 is 15.4 Å². The molecule has 0 amide bonds. The van der Waals surface area contributed by atoms with Crippen molar-refractivity contribution in [1.82, 2.24) is 15.3 Å². The van der Waals surface area contributed by atoms with E-state index in [1.807, 2.05) is 78.2 Å². The van der Waals surface area contributed by atoms with E-state index in [9.17, 15) is 8.42 Å². The van der Waals surface area contributed by atoms with Gasteiger partial charge in [-0.1, -0.05) is 42.5 Å². The van der Waals surface area contributed by atoms with Gasteiger partial charge in [-0.3, -0.25) is 4.98 Å². The Labute approximate surface area is 226 Å². The summed E-state index contributed by atoms with van der Waals surface area (Å²) in [5.74, 6) is 0.932. The standard InChI is InChI=1S/C29H28N4O3S2/c1-38(34,35)16-15-30-18-29-33-28(20-37-29)22-7-12-25-26(13-14-31-27(25)17-22)32-23-8-10-24(11-9-23)36-19-21-5-3-2-4-6-21/h2-14,17,20,30H,15-16,18-19H2,1H3,(H,31,32). The Morgan fingerprint density at radius 3 is 2.58 bits per heavy atom. The fourth-order valence-electron chi connectivity index (χ4n) is 3.92. The highest BCUT2D eigenvalue weighted by molar-refractivity contribution is 7.90. The van der Waals surface area contributed by atoms with E-state index in [0.717, 1.165) is 49.9 Å². The summed E-state index contributed by atoms with van der Waals surface area (Å²) in [6, 6.07) is 26.1. The first kappa shape index (κ1) is 25.8. The summed E-state index contributed by atoms with van der Waals surface area (Å²) in [5.41, 5.74) is 5.79. The largest absolute Gasteiger partial charge is 0.489 e. The maximum absolute atomic E-state index is 11.3. The molecular weight excluding hydrogens is 516 g/mol. The first-order valence-electron chi connectivity index (χ1n) is 12.2. The van der Waals surface area contributed by atoms with Crippen LogP contribution >= 0.6 is 11.3 Å². The summed E-state index contributed by atoms with van der Waals surface area (Å²) in [6.07, 6.45) is 3.04. The third-order valence-corrected chi connectivity index (χ3v) is 7.69.